The highest BCUT2D eigenvalue weighted by Gasteiger charge is 2.25. The fourth-order valence-electron chi connectivity index (χ4n) is 2.73. The van der Waals surface area contributed by atoms with Crippen LogP contribution >= 0.6 is 0 Å². The van der Waals surface area contributed by atoms with Crippen molar-refractivity contribution in [2.45, 2.75) is 39.4 Å². The fraction of sp³-hybridized carbons (Fsp3) is 0.611. The van der Waals surface area contributed by atoms with Crippen molar-refractivity contribution in [3.8, 4) is 5.75 Å². The molecule has 1 aromatic carbocycles. The summed E-state index contributed by atoms with van der Waals surface area (Å²) in [4.78, 5) is 4.27. The summed E-state index contributed by atoms with van der Waals surface area (Å²) in [5, 5.41) is 6.67. The molecule has 0 saturated carbocycles. The number of aliphatic imine (C=N–C) groups is 1. The Labute approximate surface area is 139 Å². The average molecular weight is 319 g/mol. The van der Waals surface area contributed by atoms with Gasteiger partial charge in [0.2, 0.25) is 0 Å². The largest absolute Gasteiger partial charge is 0.488 e. The van der Waals surface area contributed by atoms with Crippen molar-refractivity contribution >= 4 is 5.96 Å². The van der Waals surface area contributed by atoms with Gasteiger partial charge >= 0.3 is 0 Å². The SMILES string of the molecule is CN=C(NCC1Cc2ccccc2O1)NCC(OC)C(C)(C)C. The van der Waals surface area contributed by atoms with Gasteiger partial charge in [0.15, 0.2) is 5.96 Å². The molecule has 0 spiro atoms. The van der Waals surface area contributed by atoms with E-state index in [-0.39, 0.29) is 17.6 Å². The lowest BCUT2D eigenvalue weighted by molar-refractivity contribution is 0.0205. The summed E-state index contributed by atoms with van der Waals surface area (Å²) in [6.07, 6.45) is 1.20. The molecule has 0 saturated heterocycles. The summed E-state index contributed by atoms with van der Waals surface area (Å²) in [6.45, 7) is 7.95. The smallest absolute Gasteiger partial charge is 0.191 e. The summed E-state index contributed by atoms with van der Waals surface area (Å²) in [6, 6.07) is 8.20. The quantitative estimate of drug-likeness (QED) is 0.645. The van der Waals surface area contributed by atoms with Crippen LogP contribution in [-0.2, 0) is 11.2 Å². The zero-order valence-electron chi connectivity index (χ0n) is 14.8. The molecule has 5 heteroatoms. The van der Waals surface area contributed by atoms with Crippen molar-refractivity contribution in [3.63, 3.8) is 0 Å². The van der Waals surface area contributed by atoms with Gasteiger partial charge in [-0.3, -0.25) is 4.99 Å². The van der Waals surface area contributed by atoms with E-state index in [9.17, 15) is 0 Å². The van der Waals surface area contributed by atoms with Crippen molar-refractivity contribution in [2.24, 2.45) is 10.4 Å². The molecule has 5 nitrogen and oxygen atoms in total. The number of rotatable bonds is 5. The van der Waals surface area contributed by atoms with Gasteiger partial charge < -0.3 is 20.1 Å². The average Bonchev–Trinajstić information content (AvgIpc) is 2.92. The summed E-state index contributed by atoms with van der Waals surface area (Å²) >= 11 is 0. The van der Waals surface area contributed by atoms with Gasteiger partial charge in [-0.1, -0.05) is 39.0 Å². The van der Waals surface area contributed by atoms with Gasteiger partial charge in [-0.2, -0.15) is 0 Å². The first-order valence-corrected chi connectivity index (χ1v) is 8.16. The van der Waals surface area contributed by atoms with E-state index in [0.717, 1.165) is 24.7 Å². The highest BCUT2D eigenvalue weighted by atomic mass is 16.5. The Hall–Kier alpha value is -1.75. The second-order valence-corrected chi connectivity index (χ2v) is 6.98. The monoisotopic (exact) mass is 319 g/mol. The molecule has 0 aromatic heterocycles. The number of hydrogen-bond donors (Lipinski definition) is 2. The molecule has 1 aliphatic rings. The molecule has 0 fully saturated rings. The molecule has 2 rings (SSSR count). The predicted octanol–water partition coefficient (Wildman–Crippen LogP) is 2.22. The summed E-state index contributed by atoms with van der Waals surface area (Å²) < 4.78 is 11.5. The lowest BCUT2D eigenvalue weighted by atomic mass is 9.89. The zero-order valence-corrected chi connectivity index (χ0v) is 14.8. The van der Waals surface area contributed by atoms with Crippen LogP contribution < -0.4 is 15.4 Å². The molecule has 2 unspecified atom stereocenters. The fourth-order valence-corrected chi connectivity index (χ4v) is 2.73. The Kier molecular flexibility index (Phi) is 5.88. The van der Waals surface area contributed by atoms with Crippen LogP contribution in [-0.4, -0.2) is 45.4 Å². The highest BCUT2D eigenvalue weighted by Crippen LogP contribution is 2.27. The summed E-state index contributed by atoms with van der Waals surface area (Å²) in [7, 11) is 3.52. The Morgan fingerprint density at radius 1 is 1.35 bits per heavy atom. The van der Waals surface area contributed by atoms with Crippen LogP contribution in [0.3, 0.4) is 0 Å². The zero-order chi connectivity index (χ0) is 16.9. The third-order valence-corrected chi connectivity index (χ3v) is 4.14. The van der Waals surface area contributed by atoms with Gasteiger partial charge in [-0.25, -0.2) is 0 Å². The van der Waals surface area contributed by atoms with Crippen LogP contribution in [0.15, 0.2) is 29.3 Å². The topological polar surface area (TPSA) is 54.9 Å². The van der Waals surface area contributed by atoms with Crippen LogP contribution in [0.4, 0.5) is 0 Å². The van der Waals surface area contributed by atoms with E-state index < -0.39 is 0 Å². The van der Waals surface area contributed by atoms with E-state index in [2.05, 4.69) is 48.5 Å². The number of hydrogen-bond acceptors (Lipinski definition) is 3. The molecule has 2 atom stereocenters. The maximum absolute atomic E-state index is 5.93. The molecule has 1 aliphatic heterocycles. The first kappa shape index (κ1) is 17.6. The number of nitrogens with zero attached hydrogens (tertiary/aromatic N) is 1. The Morgan fingerprint density at radius 3 is 2.70 bits per heavy atom. The lowest BCUT2D eigenvalue weighted by Crippen LogP contribution is -2.47. The third kappa shape index (κ3) is 4.86. The number of para-hydroxylation sites is 1. The second-order valence-electron chi connectivity index (χ2n) is 6.98. The van der Waals surface area contributed by atoms with E-state index in [4.69, 9.17) is 9.47 Å². The summed E-state index contributed by atoms with van der Waals surface area (Å²) in [5.74, 6) is 1.77. The highest BCUT2D eigenvalue weighted by molar-refractivity contribution is 5.79. The first-order chi connectivity index (χ1) is 10.9. The Bertz CT molecular complexity index is 512. The van der Waals surface area contributed by atoms with E-state index >= 15 is 0 Å². The van der Waals surface area contributed by atoms with Crippen molar-refractivity contribution in [1.82, 2.24) is 10.6 Å². The Balaban J connectivity index is 1.78. The predicted molar refractivity (Wildman–Crippen MR) is 94.2 cm³/mol. The molecule has 2 N–H and O–H groups in total. The van der Waals surface area contributed by atoms with Gasteiger partial charge in [-0.15, -0.1) is 0 Å². The molecule has 1 aromatic rings. The minimum absolute atomic E-state index is 0.0802. The van der Waals surface area contributed by atoms with Gasteiger partial charge in [-0.05, 0) is 17.0 Å². The molecule has 1 heterocycles. The van der Waals surface area contributed by atoms with Crippen LogP contribution in [0, 0.1) is 5.41 Å². The number of ether oxygens (including phenoxy) is 2. The van der Waals surface area contributed by atoms with Crippen molar-refractivity contribution in [3.05, 3.63) is 29.8 Å². The van der Waals surface area contributed by atoms with Gasteiger partial charge in [0, 0.05) is 27.1 Å². The number of benzene rings is 1. The molecular weight excluding hydrogens is 290 g/mol. The number of fused-ring (bicyclic) bond motifs is 1. The van der Waals surface area contributed by atoms with Crippen LogP contribution in [0.1, 0.15) is 26.3 Å². The minimum Gasteiger partial charge on any atom is -0.488 e. The maximum atomic E-state index is 5.93. The van der Waals surface area contributed by atoms with Gasteiger partial charge in [0.05, 0.1) is 12.6 Å². The van der Waals surface area contributed by atoms with Gasteiger partial charge in [0.25, 0.3) is 0 Å². The molecule has 0 aliphatic carbocycles. The molecule has 0 radical (unpaired) electrons. The standard InChI is InChI=1S/C18H29N3O2/c1-18(2,3)16(22-5)12-21-17(19-4)20-11-14-10-13-8-6-7-9-15(13)23-14/h6-9,14,16H,10-12H2,1-5H3,(H2,19,20,21). The van der Waals surface area contributed by atoms with E-state index in [0.29, 0.717) is 6.54 Å². The molecular formula is C18H29N3O2. The van der Waals surface area contributed by atoms with Crippen molar-refractivity contribution < 1.29 is 9.47 Å². The van der Waals surface area contributed by atoms with Crippen LogP contribution in [0.2, 0.25) is 0 Å². The number of guanidine groups is 1. The van der Waals surface area contributed by atoms with E-state index in [1.165, 1.54) is 5.56 Å². The molecule has 23 heavy (non-hydrogen) atoms. The lowest BCUT2D eigenvalue weighted by Gasteiger charge is -2.30. The van der Waals surface area contributed by atoms with Crippen molar-refractivity contribution in [1.29, 1.82) is 0 Å². The Morgan fingerprint density at radius 2 is 2.09 bits per heavy atom. The number of nitrogens with one attached hydrogen (secondary N) is 2. The molecule has 0 bridgehead atoms. The summed E-state index contributed by atoms with van der Waals surface area (Å²) in [5.41, 5.74) is 1.35. The van der Waals surface area contributed by atoms with Crippen LogP contribution in [0.5, 0.6) is 5.75 Å². The van der Waals surface area contributed by atoms with Crippen LogP contribution in [0.25, 0.3) is 0 Å². The minimum atomic E-state index is 0.0802. The molecule has 0 amide bonds. The van der Waals surface area contributed by atoms with Crippen molar-refractivity contribution in [2.75, 3.05) is 27.2 Å². The third-order valence-electron chi connectivity index (χ3n) is 4.14. The van der Waals surface area contributed by atoms with E-state index in [1.807, 2.05) is 12.1 Å². The second kappa shape index (κ2) is 7.68. The normalized spacial score (nSPS) is 19.0. The molecule has 128 valence electrons. The van der Waals surface area contributed by atoms with E-state index in [1.54, 1.807) is 14.2 Å². The maximum Gasteiger partial charge on any atom is 0.191 e. The number of methoxy groups -OCH3 is 1. The van der Waals surface area contributed by atoms with Gasteiger partial charge in [0.1, 0.15) is 11.9 Å². The first-order valence-electron chi connectivity index (χ1n) is 8.16.